The molecule has 1 aliphatic heterocycles. The van der Waals surface area contributed by atoms with Crippen molar-refractivity contribution in [2.45, 2.75) is 39.3 Å². The quantitative estimate of drug-likeness (QED) is 0.885. The lowest BCUT2D eigenvalue weighted by atomic mass is 10.1. The number of hydrogen-bond donors (Lipinski definition) is 1. The van der Waals surface area contributed by atoms with E-state index >= 15 is 0 Å². The molecule has 3 heteroatoms. The molecule has 0 aliphatic carbocycles. The van der Waals surface area contributed by atoms with E-state index in [1.165, 1.54) is 25.1 Å². The Hall–Kier alpha value is -0.930. The first-order chi connectivity index (χ1) is 8.53. The lowest BCUT2D eigenvalue weighted by molar-refractivity contribution is 0.305. The molecular formula is C15H25N3. The van der Waals surface area contributed by atoms with Crippen molar-refractivity contribution < 1.29 is 0 Å². The Morgan fingerprint density at radius 2 is 2.28 bits per heavy atom. The third kappa shape index (κ3) is 4.39. The highest BCUT2D eigenvalue weighted by atomic mass is 15.1. The molecule has 18 heavy (non-hydrogen) atoms. The minimum Gasteiger partial charge on any atom is -0.312 e. The number of nitrogens with zero attached hydrogens (tertiary/aromatic N) is 2. The lowest BCUT2D eigenvalue weighted by Crippen LogP contribution is -2.39. The minimum atomic E-state index is 0.233. The van der Waals surface area contributed by atoms with Gasteiger partial charge in [0, 0.05) is 31.0 Å². The van der Waals surface area contributed by atoms with Crippen LogP contribution >= 0.6 is 0 Å². The van der Waals surface area contributed by atoms with Crippen LogP contribution in [0.5, 0.6) is 0 Å². The number of nitrogens with one attached hydrogen (secondary N) is 1. The Labute approximate surface area is 111 Å². The van der Waals surface area contributed by atoms with Gasteiger partial charge in [-0.1, -0.05) is 6.07 Å². The van der Waals surface area contributed by atoms with Crippen molar-refractivity contribution in [2.75, 3.05) is 19.6 Å². The van der Waals surface area contributed by atoms with E-state index in [2.05, 4.69) is 42.0 Å². The van der Waals surface area contributed by atoms with Gasteiger partial charge < -0.3 is 5.32 Å². The molecule has 2 heterocycles. The summed E-state index contributed by atoms with van der Waals surface area (Å²) in [5, 5.41) is 3.61. The summed E-state index contributed by atoms with van der Waals surface area (Å²) in [6, 6.07) is 4.18. The number of aromatic nitrogens is 1. The summed E-state index contributed by atoms with van der Waals surface area (Å²) < 4.78 is 0. The molecule has 1 atom stereocenters. The first-order valence-corrected chi connectivity index (χ1v) is 6.89. The predicted molar refractivity (Wildman–Crippen MR) is 75.4 cm³/mol. The second kappa shape index (κ2) is 5.81. The molecule has 1 aromatic heterocycles. The van der Waals surface area contributed by atoms with Crippen LogP contribution in [0.15, 0.2) is 24.5 Å². The summed E-state index contributed by atoms with van der Waals surface area (Å²) in [6.07, 6.45) is 5.12. The zero-order valence-electron chi connectivity index (χ0n) is 11.8. The standard InChI is InChI=1S/C15H25N3/c1-15(2,3)17-10-14-6-8-18(12-14)11-13-5-4-7-16-9-13/h4-5,7,9,14,17H,6,8,10-12H2,1-3H3. The van der Waals surface area contributed by atoms with E-state index in [1.54, 1.807) is 0 Å². The fourth-order valence-electron chi connectivity index (χ4n) is 2.42. The second-order valence-corrected chi connectivity index (χ2v) is 6.38. The summed E-state index contributed by atoms with van der Waals surface area (Å²) in [6.45, 7) is 11.3. The third-order valence-corrected chi connectivity index (χ3v) is 3.42. The average molecular weight is 247 g/mol. The molecule has 0 saturated carbocycles. The molecule has 0 amide bonds. The Morgan fingerprint density at radius 3 is 2.94 bits per heavy atom. The molecule has 1 fully saturated rings. The topological polar surface area (TPSA) is 28.2 Å². The second-order valence-electron chi connectivity index (χ2n) is 6.38. The summed E-state index contributed by atoms with van der Waals surface area (Å²) in [5.74, 6) is 0.792. The molecule has 3 nitrogen and oxygen atoms in total. The molecule has 1 aromatic rings. The maximum Gasteiger partial charge on any atom is 0.0312 e. The maximum atomic E-state index is 4.18. The van der Waals surface area contributed by atoms with Crippen molar-refractivity contribution in [3.63, 3.8) is 0 Å². The van der Waals surface area contributed by atoms with Crippen LogP contribution in [0.1, 0.15) is 32.8 Å². The van der Waals surface area contributed by atoms with E-state index in [-0.39, 0.29) is 5.54 Å². The van der Waals surface area contributed by atoms with Crippen LogP contribution in [0.3, 0.4) is 0 Å². The van der Waals surface area contributed by atoms with Gasteiger partial charge in [0.15, 0.2) is 0 Å². The monoisotopic (exact) mass is 247 g/mol. The van der Waals surface area contributed by atoms with Crippen LogP contribution in [-0.4, -0.2) is 35.1 Å². The number of likely N-dealkylation sites (tertiary alicyclic amines) is 1. The van der Waals surface area contributed by atoms with Crippen molar-refractivity contribution in [1.82, 2.24) is 15.2 Å². The Bertz CT molecular complexity index is 356. The van der Waals surface area contributed by atoms with E-state index in [9.17, 15) is 0 Å². The van der Waals surface area contributed by atoms with Crippen LogP contribution in [0, 0.1) is 5.92 Å². The van der Waals surface area contributed by atoms with Crippen molar-refractivity contribution in [1.29, 1.82) is 0 Å². The normalized spacial score (nSPS) is 21.4. The highest BCUT2D eigenvalue weighted by Gasteiger charge is 2.23. The Kier molecular flexibility index (Phi) is 4.36. The summed E-state index contributed by atoms with van der Waals surface area (Å²) in [7, 11) is 0. The smallest absolute Gasteiger partial charge is 0.0312 e. The Balaban J connectivity index is 1.75. The summed E-state index contributed by atoms with van der Waals surface area (Å²) in [4.78, 5) is 6.71. The number of pyridine rings is 1. The van der Waals surface area contributed by atoms with Crippen LogP contribution in [0.2, 0.25) is 0 Å². The van der Waals surface area contributed by atoms with Gasteiger partial charge in [-0.3, -0.25) is 9.88 Å². The number of hydrogen-bond acceptors (Lipinski definition) is 3. The zero-order valence-corrected chi connectivity index (χ0v) is 11.8. The molecule has 1 aliphatic rings. The van der Waals surface area contributed by atoms with Crippen LogP contribution in [0.25, 0.3) is 0 Å². The highest BCUT2D eigenvalue weighted by molar-refractivity contribution is 5.08. The van der Waals surface area contributed by atoms with Gasteiger partial charge in [-0.15, -0.1) is 0 Å². The molecule has 0 aromatic carbocycles. The lowest BCUT2D eigenvalue weighted by Gasteiger charge is -2.23. The van der Waals surface area contributed by atoms with Gasteiger partial charge >= 0.3 is 0 Å². The molecule has 1 saturated heterocycles. The van der Waals surface area contributed by atoms with Crippen molar-refractivity contribution >= 4 is 0 Å². The molecule has 0 bridgehead atoms. The zero-order chi connectivity index (χ0) is 13.0. The van der Waals surface area contributed by atoms with Crippen molar-refractivity contribution in [2.24, 2.45) is 5.92 Å². The SMILES string of the molecule is CC(C)(C)NCC1CCN(Cc2cccnc2)C1. The van der Waals surface area contributed by atoms with Gasteiger partial charge in [-0.25, -0.2) is 0 Å². The first kappa shape index (κ1) is 13.5. The number of rotatable bonds is 4. The largest absolute Gasteiger partial charge is 0.312 e. The van der Waals surface area contributed by atoms with Crippen molar-refractivity contribution in [3.05, 3.63) is 30.1 Å². The van der Waals surface area contributed by atoms with Gasteiger partial charge in [0.1, 0.15) is 0 Å². The summed E-state index contributed by atoms with van der Waals surface area (Å²) >= 11 is 0. The molecule has 2 rings (SSSR count). The first-order valence-electron chi connectivity index (χ1n) is 6.89. The third-order valence-electron chi connectivity index (χ3n) is 3.42. The maximum absolute atomic E-state index is 4.18. The molecule has 0 spiro atoms. The van der Waals surface area contributed by atoms with Gasteiger partial charge in [0.25, 0.3) is 0 Å². The fraction of sp³-hybridized carbons (Fsp3) is 0.667. The molecule has 100 valence electrons. The van der Waals surface area contributed by atoms with E-state index in [0.717, 1.165) is 19.0 Å². The highest BCUT2D eigenvalue weighted by Crippen LogP contribution is 2.18. The molecule has 1 N–H and O–H groups in total. The molecular weight excluding hydrogens is 222 g/mol. The summed E-state index contributed by atoms with van der Waals surface area (Å²) in [5.41, 5.74) is 1.55. The average Bonchev–Trinajstić information content (AvgIpc) is 2.75. The van der Waals surface area contributed by atoms with E-state index < -0.39 is 0 Å². The van der Waals surface area contributed by atoms with Gasteiger partial charge in [-0.05, 0) is 57.8 Å². The van der Waals surface area contributed by atoms with Gasteiger partial charge in [-0.2, -0.15) is 0 Å². The van der Waals surface area contributed by atoms with Gasteiger partial charge in [0.05, 0.1) is 0 Å². The van der Waals surface area contributed by atoms with Crippen LogP contribution in [-0.2, 0) is 6.54 Å². The van der Waals surface area contributed by atoms with Gasteiger partial charge in [0.2, 0.25) is 0 Å². The van der Waals surface area contributed by atoms with E-state index in [4.69, 9.17) is 0 Å². The predicted octanol–water partition coefficient (Wildman–Crippen LogP) is 2.29. The van der Waals surface area contributed by atoms with Crippen LogP contribution in [0.4, 0.5) is 0 Å². The Morgan fingerprint density at radius 1 is 1.44 bits per heavy atom. The van der Waals surface area contributed by atoms with Crippen molar-refractivity contribution in [3.8, 4) is 0 Å². The molecule has 1 unspecified atom stereocenters. The minimum absolute atomic E-state index is 0.233. The van der Waals surface area contributed by atoms with Crippen LogP contribution < -0.4 is 5.32 Å². The van der Waals surface area contributed by atoms with E-state index in [1.807, 2.05) is 18.5 Å². The fourth-order valence-corrected chi connectivity index (χ4v) is 2.42. The molecule has 0 radical (unpaired) electrons. The van der Waals surface area contributed by atoms with E-state index in [0.29, 0.717) is 0 Å².